The van der Waals surface area contributed by atoms with E-state index in [1.165, 1.54) is 15.9 Å². The molecule has 0 radical (unpaired) electrons. The zero-order valence-corrected chi connectivity index (χ0v) is 13.4. The number of carbonyl (C=O) groups is 2. The second-order valence-electron chi connectivity index (χ2n) is 6.62. The Morgan fingerprint density at radius 2 is 2.12 bits per heavy atom. The fraction of sp³-hybridized carbons (Fsp3) is 0.529. The van der Waals surface area contributed by atoms with Crippen LogP contribution in [0.3, 0.4) is 0 Å². The Bertz CT molecular complexity index is 663. The smallest absolute Gasteiger partial charge is 0.227 e. The lowest BCUT2D eigenvalue weighted by atomic mass is 10.1. The summed E-state index contributed by atoms with van der Waals surface area (Å²) in [5.41, 5.74) is -0.0163. The Hall–Kier alpha value is -2.02. The van der Waals surface area contributed by atoms with Gasteiger partial charge in [-0.1, -0.05) is 0 Å². The van der Waals surface area contributed by atoms with Crippen LogP contribution in [0.5, 0.6) is 0 Å². The minimum absolute atomic E-state index is 0.0144. The molecule has 3 rings (SSSR count). The van der Waals surface area contributed by atoms with Crippen molar-refractivity contribution in [1.82, 2.24) is 4.90 Å². The Labute approximate surface area is 138 Å². The third kappa shape index (κ3) is 3.40. The van der Waals surface area contributed by atoms with Crippen molar-refractivity contribution in [3.05, 3.63) is 29.8 Å². The average molecular weight is 338 g/mol. The first-order valence-corrected chi connectivity index (χ1v) is 8.05. The molecule has 2 fully saturated rings. The van der Waals surface area contributed by atoms with Crippen LogP contribution in [0.15, 0.2) is 18.2 Å². The molecule has 7 heteroatoms. The summed E-state index contributed by atoms with van der Waals surface area (Å²) in [6.07, 6.45) is 1.40. The third-order valence-corrected chi connectivity index (χ3v) is 4.68. The Balaban J connectivity index is 1.66. The van der Waals surface area contributed by atoms with E-state index in [1.807, 2.05) is 0 Å². The molecule has 1 saturated carbocycles. The first kappa shape index (κ1) is 16.8. The second kappa shape index (κ2) is 6.47. The van der Waals surface area contributed by atoms with Crippen molar-refractivity contribution in [3.63, 3.8) is 0 Å². The number of rotatable bonds is 5. The van der Waals surface area contributed by atoms with E-state index in [-0.39, 0.29) is 42.9 Å². The fourth-order valence-corrected chi connectivity index (χ4v) is 3.12. The molecule has 24 heavy (non-hydrogen) atoms. The highest BCUT2D eigenvalue weighted by Gasteiger charge is 2.38. The summed E-state index contributed by atoms with van der Waals surface area (Å²) < 4.78 is 26.9. The van der Waals surface area contributed by atoms with Crippen molar-refractivity contribution < 1.29 is 23.5 Å². The largest absolute Gasteiger partial charge is 0.391 e. The number of halogens is 2. The van der Waals surface area contributed by atoms with Gasteiger partial charge in [0.15, 0.2) is 0 Å². The van der Waals surface area contributed by atoms with E-state index in [1.54, 1.807) is 7.05 Å². The maximum atomic E-state index is 13.9. The van der Waals surface area contributed by atoms with E-state index >= 15 is 0 Å². The predicted molar refractivity (Wildman–Crippen MR) is 83.2 cm³/mol. The summed E-state index contributed by atoms with van der Waals surface area (Å²) in [6.45, 7) is 0.295. The van der Waals surface area contributed by atoms with Crippen LogP contribution in [0.2, 0.25) is 0 Å². The number of anilines is 1. The number of aliphatic hydroxyl groups excluding tert-OH is 1. The molecule has 1 aromatic rings. The van der Waals surface area contributed by atoms with E-state index in [0.29, 0.717) is 0 Å². The normalized spacial score (nSPS) is 21.9. The number of benzene rings is 1. The summed E-state index contributed by atoms with van der Waals surface area (Å²) in [5.74, 6) is -2.48. The number of hydrogen-bond donors (Lipinski definition) is 1. The van der Waals surface area contributed by atoms with Gasteiger partial charge in [0.05, 0.1) is 17.7 Å². The molecule has 2 atom stereocenters. The number of nitrogens with zero attached hydrogens (tertiary/aromatic N) is 2. The predicted octanol–water partition coefficient (Wildman–Crippen LogP) is 1.55. The van der Waals surface area contributed by atoms with Crippen LogP contribution in [0.4, 0.5) is 14.5 Å². The van der Waals surface area contributed by atoms with Crippen molar-refractivity contribution in [2.75, 3.05) is 25.0 Å². The summed E-state index contributed by atoms with van der Waals surface area (Å²) in [6, 6.07) is 3.00. The average Bonchev–Trinajstić information content (AvgIpc) is 3.30. The SMILES string of the molecule is CN(CC(O)C1CC1)C(=O)C1CC(=O)N(c2ccc(F)cc2F)C1. The van der Waals surface area contributed by atoms with E-state index in [9.17, 15) is 23.5 Å². The number of hydrogen-bond acceptors (Lipinski definition) is 3. The van der Waals surface area contributed by atoms with Crippen molar-refractivity contribution in [1.29, 1.82) is 0 Å². The van der Waals surface area contributed by atoms with Gasteiger partial charge in [0.2, 0.25) is 11.8 Å². The third-order valence-electron chi connectivity index (χ3n) is 4.68. The number of amides is 2. The molecule has 1 aromatic carbocycles. The monoisotopic (exact) mass is 338 g/mol. The molecule has 2 amide bonds. The molecule has 0 aromatic heterocycles. The van der Waals surface area contributed by atoms with E-state index in [4.69, 9.17) is 0 Å². The molecule has 1 saturated heterocycles. The lowest BCUT2D eigenvalue weighted by molar-refractivity contribution is -0.135. The number of likely N-dealkylation sites (N-methyl/N-ethyl adjacent to an activating group) is 1. The maximum Gasteiger partial charge on any atom is 0.227 e. The molecule has 130 valence electrons. The molecule has 1 heterocycles. The van der Waals surface area contributed by atoms with Crippen molar-refractivity contribution >= 4 is 17.5 Å². The van der Waals surface area contributed by atoms with Gasteiger partial charge < -0.3 is 14.9 Å². The zero-order valence-electron chi connectivity index (χ0n) is 13.4. The molecular formula is C17H20F2N2O3. The van der Waals surface area contributed by atoms with Gasteiger partial charge in [-0.15, -0.1) is 0 Å². The Morgan fingerprint density at radius 1 is 1.42 bits per heavy atom. The molecule has 1 aliphatic carbocycles. The van der Waals surface area contributed by atoms with E-state index in [2.05, 4.69) is 0 Å². The van der Waals surface area contributed by atoms with Crippen LogP contribution < -0.4 is 4.90 Å². The van der Waals surface area contributed by atoms with Gasteiger partial charge >= 0.3 is 0 Å². The molecule has 1 N–H and O–H groups in total. The van der Waals surface area contributed by atoms with Crippen molar-refractivity contribution in [3.8, 4) is 0 Å². The summed E-state index contributed by atoms with van der Waals surface area (Å²) >= 11 is 0. The molecule has 5 nitrogen and oxygen atoms in total. The second-order valence-corrected chi connectivity index (χ2v) is 6.62. The van der Waals surface area contributed by atoms with Crippen LogP contribution in [0.1, 0.15) is 19.3 Å². The quantitative estimate of drug-likeness (QED) is 0.886. The topological polar surface area (TPSA) is 60.9 Å². The highest BCUT2D eigenvalue weighted by Crippen LogP contribution is 2.33. The fourth-order valence-electron chi connectivity index (χ4n) is 3.12. The summed E-state index contributed by atoms with van der Waals surface area (Å²) in [4.78, 5) is 27.2. The molecular weight excluding hydrogens is 318 g/mol. The van der Waals surface area contributed by atoms with Gasteiger partial charge in [-0.05, 0) is 30.9 Å². The lowest BCUT2D eigenvalue weighted by Gasteiger charge is -2.24. The molecule has 2 aliphatic rings. The number of carbonyl (C=O) groups excluding carboxylic acids is 2. The highest BCUT2D eigenvalue weighted by atomic mass is 19.1. The Morgan fingerprint density at radius 3 is 2.75 bits per heavy atom. The van der Waals surface area contributed by atoms with Crippen LogP contribution in [-0.4, -0.2) is 48.1 Å². The minimum Gasteiger partial charge on any atom is -0.391 e. The number of aliphatic hydroxyl groups is 1. The van der Waals surface area contributed by atoms with Crippen molar-refractivity contribution in [2.24, 2.45) is 11.8 Å². The van der Waals surface area contributed by atoms with Gasteiger partial charge in [0, 0.05) is 32.6 Å². The Kier molecular flexibility index (Phi) is 4.54. The van der Waals surface area contributed by atoms with E-state index < -0.39 is 23.7 Å². The molecule has 0 bridgehead atoms. The lowest BCUT2D eigenvalue weighted by Crippen LogP contribution is -2.39. The van der Waals surface area contributed by atoms with Crippen LogP contribution >= 0.6 is 0 Å². The molecule has 0 spiro atoms. The van der Waals surface area contributed by atoms with Gasteiger partial charge in [-0.25, -0.2) is 8.78 Å². The van der Waals surface area contributed by atoms with Gasteiger partial charge in [-0.2, -0.15) is 0 Å². The van der Waals surface area contributed by atoms with Gasteiger partial charge in [0.25, 0.3) is 0 Å². The summed E-state index contributed by atoms with van der Waals surface area (Å²) in [5, 5.41) is 9.94. The highest BCUT2D eigenvalue weighted by molar-refractivity contribution is 6.00. The van der Waals surface area contributed by atoms with E-state index in [0.717, 1.165) is 25.0 Å². The molecule has 1 aliphatic heterocycles. The van der Waals surface area contributed by atoms with Gasteiger partial charge in [-0.3, -0.25) is 9.59 Å². The van der Waals surface area contributed by atoms with Gasteiger partial charge in [0.1, 0.15) is 11.6 Å². The molecule has 2 unspecified atom stereocenters. The minimum atomic E-state index is -0.825. The van der Waals surface area contributed by atoms with Crippen LogP contribution in [-0.2, 0) is 9.59 Å². The van der Waals surface area contributed by atoms with Crippen LogP contribution in [0.25, 0.3) is 0 Å². The maximum absolute atomic E-state index is 13.9. The van der Waals surface area contributed by atoms with Crippen molar-refractivity contribution in [2.45, 2.75) is 25.4 Å². The zero-order chi connectivity index (χ0) is 17.4. The first-order valence-electron chi connectivity index (χ1n) is 8.05. The van der Waals surface area contributed by atoms with Crippen LogP contribution in [0, 0.1) is 23.5 Å². The summed E-state index contributed by atoms with van der Waals surface area (Å²) in [7, 11) is 1.60. The first-order chi connectivity index (χ1) is 11.4. The standard InChI is InChI=1S/C17H20F2N2O3/c1-20(9-15(22)10-2-3-10)17(24)11-6-16(23)21(8-11)14-5-4-12(18)7-13(14)19/h4-5,7,10-11,15,22H,2-3,6,8-9H2,1H3.